The minimum Gasteiger partial charge on any atom is -0.493 e. The smallest absolute Gasteiger partial charge is 0.231 e. The van der Waals surface area contributed by atoms with Gasteiger partial charge in [0.1, 0.15) is 11.8 Å². The maximum atomic E-state index is 13.1. The van der Waals surface area contributed by atoms with Gasteiger partial charge < -0.3 is 28.1 Å². The van der Waals surface area contributed by atoms with Crippen molar-refractivity contribution < 1.29 is 28.1 Å². The van der Waals surface area contributed by atoms with E-state index in [1.807, 2.05) is 0 Å². The Bertz CT molecular complexity index is 1050. The van der Waals surface area contributed by atoms with Crippen LogP contribution in [-0.4, -0.2) is 28.1 Å². The third-order valence-electron chi connectivity index (χ3n) is 4.27. The zero-order valence-corrected chi connectivity index (χ0v) is 14.5. The summed E-state index contributed by atoms with van der Waals surface area (Å²) in [6.45, 7) is 0.110. The zero-order chi connectivity index (χ0) is 18.3. The molecule has 2 heterocycles. The second-order valence-corrected chi connectivity index (χ2v) is 5.56. The fourth-order valence-electron chi connectivity index (χ4n) is 3.00. The van der Waals surface area contributed by atoms with Crippen LogP contribution in [0.15, 0.2) is 39.7 Å². The van der Waals surface area contributed by atoms with E-state index in [1.165, 1.54) is 27.6 Å². The van der Waals surface area contributed by atoms with Gasteiger partial charge in [-0.3, -0.25) is 4.79 Å². The summed E-state index contributed by atoms with van der Waals surface area (Å²) in [7, 11) is 4.54. The van der Waals surface area contributed by atoms with Crippen LogP contribution in [0.1, 0.15) is 0 Å². The van der Waals surface area contributed by atoms with Gasteiger partial charge in [-0.05, 0) is 18.2 Å². The molecule has 0 atom stereocenters. The first kappa shape index (κ1) is 16.1. The first-order valence-electron chi connectivity index (χ1n) is 7.82. The summed E-state index contributed by atoms with van der Waals surface area (Å²) in [6, 6.07) is 6.70. The lowest BCUT2D eigenvalue weighted by Gasteiger charge is -2.12. The lowest BCUT2D eigenvalue weighted by atomic mass is 10.0. The molecule has 134 valence electrons. The van der Waals surface area contributed by atoms with Crippen molar-refractivity contribution in [3.05, 3.63) is 40.8 Å². The van der Waals surface area contributed by atoms with E-state index in [9.17, 15) is 4.79 Å². The first-order chi connectivity index (χ1) is 12.7. The van der Waals surface area contributed by atoms with E-state index < -0.39 is 0 Å². The Morgan fingerprint density at radius 1 is 0.923 bits per heavy atom. The van der Waals surface area contributed by atoms with E-state index in [1.54, 1.807) is 24.3 Å². The summed E-state index contributed by atoms with van der Waals surface area (Å²) in [5.74, 6) is 2.39. The molecule has 0 aliphatic carbocycles. The van der Waals surface area contributed by atoms with Gasteiger partial charge in [-0.25, -0.2) is 0 Å². The number of benzene rings is 2. The van der Waals surface area contributed by atoms with E-state index in [4.69, 9.17) is 28.1 Å². The first-order valence-corrected chi connectivity index (χ1v) is 7.82. The molecule has 3 aromatic rings. The van der Waals surface area contributed by atoms with Crippen LogP contribution in [0.4, 0.5) is 0 Å². The third-order valence-corrected chi connectivity index (χ3v) is 4.27. The SMILES string of the molecule is COc1cc2occ(-c3ccc4c(c3OC)OCO4)c(=O)c2cc1OC. The largest absolute Gasteiger partial charge is 0.493 e. The van der Waals surface area contributed by atoms with Crippen molar-refractivity contribution >= 4 is 11.0 Å². The molecule has 0 unspecified atom stereocenters. The highest BCUT2D eigenvalue weighted by atomic mass is 16.7. The normalized spacial score (nSPS) is 12.3. The number of hydrogen-bond donors (Lipinski definition) is 0. The van der Waals surface area contributed by atoms with Crippen molar-refractivity contribution in [1.82, 2.24) is 0 Å². The molecule has 0 amide bonds. The van der Waals surface area contributed by atoms with E-state index in [2.05, 4.69) is 0 Å². The number of hydrogen-bond acceptors (Lipinski definition) is 7. The average Bonchev–Trinajstić information content (AvgIpc) is 3.15. The van der Waals surface area contributed by atoms with Gasteiger partial charge in [-0.2, -0.15) is 0 Å². The summed E-state index contributed by atoms with van der Waals surface area (Å²) < 4.78 is 32.5. The van der Waals surface area contributed by atoms with Gasteiger partial charge >= 0.3 is 0 Å². The second-order valence-electron chi connectivity index (χ2n) is 5.56. The molecular weight excluding hydrogens is 340 g/mol. The van der Waals surface area contributed by atoms with Crippen molar-refractivity contribution in [2.24, 2.45) is 0 Å². The maximum absolute atomic E-state index is 13.1. The molecule has 1 aliphatic rings. The Balaban J connectivity index is 1.96. The monoisotopic (exact) mass is 356 g/mol. The van der Waals surface area contributed by atoms with Gasteiger partial charge in [0, 0.05) is 11.6 Å². The molecule has 0 saturated heterocycles. The van der Waals surface area contributed by atoms with Crippen molar-refractivity contribution in [1.29, 1.82) is 0 Å². The summed E-state index contributed by atoms with van der Waals surface area (Å²) in [5.41, 5.74) is 1.09. The molecule has 0 radical (unpaired) electrons. The topological polar surface area (TPSA) is 76.4 Å². The Morgan fingerprint density at radius 3 is 2.42 bits per heavy atom. The molecular formula is C19H16O7. The van der Waals surface area contributed by atoms with E-state index in [0.717, 1.165) is 0 Å². The summed E-state index contributed by atoms with van der Waals surface area (Å²) in [6.07, 6.45) is 1.40. The Hall–Kier alpha value is -3.35. The molecule has 0 fully saturated rings. The Kier molecular flexibility index (Phi) is 3.84. The molecule has 7 heteroatoms. The molecule has 7 nitrogen and oxygen atoms in total. The predicted octanol–water partition coefficient (Wildman–Crippen LogP) is 3.21. The maximum Gasteiger partial charge on any atom is 0.231 e. The number of ether oxygens (including phenoxy) is 5. The summed E-state index contributed by atoms with van der Waals surface area (Å²) in [5, 5.41) is 0.375. The third kappa shape index (κ3) is 2.32. The summed E-state index contributed by atoms with van der Waals surface area (Å²) >= 11 is 0. The van der Waals surface area contributed by atoms with Crippen LogP contribution in [-0.2, 0) is 0 Å². The molecule has 0 saturated carbocycles. The standard InChI is InChI=1S/C19H16O7/c1-21-15-6-11-14(7-16(15)22-2)24-8-12(17(11)20)10-4-5-13-19(18(10)23-3)26-9-25-13/h4-8H,9H2,1-3H3. The van der Waals surface area contributed by atoms with Crippen LogP contribution in [0.3, 0.4) is 0 Å². The van der Waals surface area contributed by atoms with E-state index in [0.29, 0.717) is 50.8 Å². The number of rotatable bonds is 4. The van der Waals surface area contributed by atoms with Gasteiger partial charge in [-0.1, -0.05) is 0 Å². The minimum absolute atomic E-state index is 0.110. The molecule has 26 heavy (non-hydrogen) atoms. The lowest BCUT2D eigenvalue weighted by molar-refractivity contribution is 0.171. The quantitative estimate of drug-likeness (QED) is 0.710. The second kappa shape index (κ2) is 6.18. The van der Waals surface area contributed by atoms with Gasteiger partial charge in [0.2, 0.25) is 18.0 Å². The zero-order valence-electron chi connectivity index (χ0n) is 14.5. The number of methoxy groups -OCH3 is 3. The lowest BCUT2D eigenvalue weighted by Crippen LogP contribution is -2.06. The van der Waals surface area contributed by atoms with Crippen LogP contribution in [0.25, 0.3) is 22.1 Å². The van der Waals surface area contributed by atoms with Crippen LogP contribution >= 0.6 is 0 Å². The van der Waals surface area contributed by atoms with Crippen molar-refractivity contribution in [2.75, 3.05) is 28.1 Å². The van der Waals surface area contributed by atoms with Crippen LogP contribution in [0, 0.1) is 0 Å². The molecule has 1 aliphatic heterocycles. The summed E-state index contributed by atoms with van der Waals surface area (Å²) in [4.78, 5) is 13.1. The fourth-order valence-corrected chi connectivity index (χ4v) is 3.00. The van der Waals surface area contributed by atoms with Gasteiger partial charge in [0.05, 0.1) is 32.3 Å². The van der Waals surface area contributed by atoms with Crippen LogP contribution in [0.2, 0.25) is 0 Å². The van der Waals surface area contributed by atoms with Crippen molar-refractivity contribution in [2.45, 2.75) is 0 Å². The molecule has 0 spiro atoms. The number of fused-ring (bicyclic) bond motifs is 2. The van der Waals surface area contributed by atoms with Crippen LogP contribution < -0.4 is 29.1 Å². The molecule has 0 N–H and O–H groups in total. The van der Waals surface area contributed by atoms with E-state index in [-0.39, 0.29) is 12.2 Å². The highest BCUT2D eigenvalue weighted by Crippen LogP contribution is 2.46. The van der Waals surface area contributed by atoms with Gasteiger partial charge in [0.25, 0.3) is 0 Å². The Labute approximate surface area is 148 Å². The fraction of sp³-hybridized carbons (Fsp3) is 0.211. The highest BCUT2D eigenvalue weighted by molar-refractivity contribution is 5.86. The predicted molar refractivity (Wildman–Crippen MR) is 93.7 cm³/mol. The average molecular weight is 356 g/mol. The van der Waals surface area contributed by atoms with Gasteiger partial charge in [0.15, 0.2) is 23.0 Å². The molecule has 1 aromatic heterocycles. The molecule has 0 bridgehead atoms. The van der Waals surface area contributed by atoms with Gasteiger partial charge in [-0.15, -0.1) is 0 Å². The van der Waals surface area contributed by atoms with Crippen molar-refractivity contribution in [3.8, 4) is 39.9 Å². The van der Waals surface area contributed by atoms with Crippen LogP contribution in [0.5, 0.6) is 28.7 Å². The molecule has 4 rings (SSSR count). The van der Waals surface area contributed by atoms with Crippen molar-refractivity contribution in [3.63, 3.8) is 0 Å². The van der Waals surface area contributed by atoms with E-state index >= 15 is 0 Å². The highest BCUT2D eigenvalue weighted by Gasteiger charge is 2.24. The Morgan fingerprint density at radius 2 is 1.69 bits per heavy atom. The minimum atomic E-state index is -0.218. The molecule has 2 aromatic carbocycles.